The van der Waals surface area contributed by atoms with Crippen molar-refractivity contribution in [1.82, 2.24) is 4.98 Å². The van der Waals surface area contributed by atoms with Gasteiger partial charge in [-0.15, -0.1) is 11.8 Å². The first-order valence-corrected chi connectivity index (χ1v) is 6.98. The van der Waals surface area contributed by atoms with Gasteiger partial charge in [-0.25, -0.2) is 4.98 Å². The van der Waals surface area contributed by atoms with E-state index < -0.39 is 0 Å². The minimum Gasteiger partial charge on any atom is -0.392 e. The average Bonchev–Trinajstić information content (AvgIpc) is 2.48. The van der Waals surface area contributed by atoms with Crippen LogP contribution in [0.1, 0.15) is 32.1 Å². The number of hydrogen-bond donors (Lipinski definition) is 1. The van der Waals surface area contributed by atoms with Crippen LogP contribution in [0.15, 0.2) is 23.4 Å². The van der Waals surface area contributed by atoms with Gasteiger partial charge in [0.25, 0.3) is 0 Å². The molecule has 1 aliphatic carbocycles. The van der Waals surface area contributed by atoms with Crippen LogP contribution in [0.3, 0.4) is 0 Å². The van der Waals surface area contributed by atoms with Gasteiger partial charge in [0.1, 0.15) is 0 Å². The number of pyridine rings is 1. The van der Waals surface area contributed by atoms with Gasteiger partial charge in [-0.2, -0.15) is 0 Å². The van der Waals surface area contributed by atoms with E-state index in [0.29, 0.717) is 5.02 Å². The van der Waals surface area contributed by atoms with Gasteiger partial charge >= 0.3 is 0 Å². The molecule has 2 nitrogen and oxygen atoms in total. The monoisotopic (exact) mass is 257 g/mol. The van der Waals surface area contributed by atoms with Crippen LogP contribution in [0, 0.1) is 0 Å². The molecule has 1 heterocycles. The molecule has 4 heteroatoms. The average molecular weight is 258 g/mol. The van der Waals surface area contributed by atoms with Crippen molar-refractivity contribution in [3.8, 4) is 0 Å². The molecule has 0 radical (unpaired) electrons. The summed E-state index contributed by atoms with van der Waals surface area (Å²) in [7, 11) is 0. The highest BCUT2D eigenvalue weighted by Gasteiger charge is 2.22. The van der Waals surface area contributed by atoms with Crippen LogP contribution >= 0.6 is 23.4 Å². The van der Waals surface area contributed by atoms with E-state index in [9.17, 15) is 5.11 Å². The van der Waals surface area contributed by atoms with Gasteiger partial charge < -0.3 is 5.11 Å². The standard InChI is InChI=1S/C12H16ClNOS/c13-9-6-7-12(14-8-9)16-11-5-3-1-2-4-10(11)15/h6-8,10-11,15H,1-5H2. The maximum atomic E-state index is 9.99. The molecule has 2 atom stereocenters. The minimum atomic E-state index is -0.190. The van der Waals surface area contributed by atoms with Crippen molar-refractivity contribution >= 4 is 23.4 Å². The van der Waals surface area contributed by atoms with E-state index >= 15 is 0 Å². The predicted octanol–water partition coefficient (Wildman–Crippen LogP) is 3.52. The van der Waals surface area contributed by atoms with E-state index in [0.717, 1.165) is 24.3 Å². The Kier molecular flexibility index (Phi) is 4.50. The summed E-state index contributed by atoms with van der Waals surface area (Å²) in [6.45, 7) is 0. The van der Waals surface area contributed by atoms with Crippen molar-refractivity contribution in [2.45, 2.75) is 48.5 Å². The number of aromatic nitrogens is 1. The Bertz CT molecular complexity index is 330. The second-order valence-electron chi connectivity index (χ2n) is 4.18. The number of thioether (sulfide) groups is 1. The van der Waals surface area contributed by atoms with Crippen LogP contribution in [0.2, 0.25) is 5.02 Å². The Morgan fingerprint density at radius 2 is 2.06 bits per heavy atom. The lowest BCUT2D eigenvalue weighted by atomic mass is 10.1. The lowest BCUT2D eigenvalue weighted by molar-refractivity contribution is 0.163. The number of nitrogens with zero attached hydrogens (tertiary/aromatic N) is 1. The molecule has 2 rings (SSSR count). The van der Waals surface area contributed by atoms with E-state index in [1.165, 1.54) is 12.8 Å². The third-order valence-corrected chi connectivity index (χ3v) is 4.45. The van der Waals surface area contributed by atoms with Gasteiger partial charge in [0.2, 0.25) is 0 Å². The van der Waals surface area contributed by atoms with E-state index in [-0.39, 0.29) is 11.4 Å². The van der Waals surface area contributed by atoms with Crippen LogP contribution < -0.4 is 0 Å². The van der Waals surface area contributed by atoms with Crippen LogP contribution in [0.25, 0.3) is 0 Å². The summed E-state index contributed by atoms with van der Waals surface area (Å²) >= 11 is 7.46. The molecular weight excluding hydrogens is 242 g/mol. The minimum absolute atomic E-state index is 0.190. The summed E-state index contributed by atoms with van der Waals surface area (Å²) in [5.41, 5.74) is 0. The molecule has 0 aromatic carbocycles. The highest BCUT2D eigenvalue weighted by Crippen LogP contribution is 2.32. The molecule has 0 saturated heterocycles. The smallest absolute Gasteiger partial charge is 0.0964 e. The van der Waals surface area contributed by atoms with Gasteiger partial charge in [0.05, 0.1) is 16.2 Å². The third-order valence-electron chi connectivity index (χ3n) is 2.89. The highest BCUT2D eigenvalue weighted by atomic mass is 35.5. The lowest BCUT2D eigenvalue weighted by Gasteiger charge is -2.18. The molecule has 1 fully saturated rings. The second kappa shape index (κ2) is 5.89. The van der Waals surface area contributed by atoms with Crippen molar-refractivity contribution in [3.05, 3.63) is 23.4 Å². The maximum absolute atomic E-state index is 9.99. The topological polar surface area (TPSA) is 33.1 Å². The fourth-order valence-electron chi connectivity index (χ4n) is 1.98. The molecule has 88 valence electrons. The lowest BCUT2D eigenvalue weighted by Crippen LogP contribution is -2.21. The van der Waals surface area contributed by atoms with Crippen molar-refractivity contribution in [2.24, 2.45) is 0 Å². The number of aliphatic hydroxyl groups excluding tert-OH is 1. The largest absolute Gasteiger partial charge is 0.392 e. The van der Waals surface area contributed by atoms with Crippen LogP contribution in [0.5, 0.6) is 0 Å². The molecule has 0 bridgehead atoms. The first-order chi connectivity index (χ1) is 7.75. The number of hydrogen-bond acceptors (Lipinski definition) is 3. The normalized spacial score (nSPS) is 26.4. The van der Waals surface area contributed by atoms with Crippen LogP contribution in [0.4, 0.5) is 0 Å². The van der Waals surface area contributed by atoms with E-state index in [2.05, 4.69) is 4.98 Å². The Balaban J connectivity index is 1.99. The summed E-state index contributed by atoms with van der Waals surface area (Å²) in [4.78, 5) is 4.26. The number of aliphatic hydroxyl groups is 1. The number of rotatable bonds is 2. The predicted molar refractivity (Wildman–Crippen MR) is 68.0 cm³/mol. The molecule has 0 amide bonds. The molecule has 1 aromatic heterocycles. The van der Waals surface area contributed by atoms with Gasteiger partial charge in [0.15, 0.2) is 0 Å². The van der Waals surface area contributed by atoms with Gasteiger partial charge in [-0.3, -0.25) is 0 Å². The third kappa shape index (κ3) is 3.37. The molecule has 16 heavy (non-hydrogen) atoms. The molecule has 1 N–H and O–H groups in total. The Labute approximate surface area is 105 Å². The number of halogens is 1. The first kappa shape index (κ1) is 12.2. The Hall–Kier alpha value is -0.250. The molecule has 1 aromatic rings. The van der Waals surface area contributed by atoms with Gasteiger partial charge in [-0.1, -0.05) is 30.9 Å². The van der Waals surface area contributed by atoms with E-state index in [1.54, 1.807) is 18.0 Å². The summed E-state index contributed by atoms with van der Waals surface area (Å²) in [6.07, 6.45) is 7.07. The van der Waals surface area contributed by atoms with Gasteiger partial charge in [-0.05, 0) is 25.0 Å². The summed E-state index contributed by atoms with van der Waals surface area (Å²) < 4.78 is 0. The first-order valence-electron chi connectivity index (χ1n) is 5.72. The summed E-state index contributed by atoms with van der Waals surface area (Å²) in [6, 6.07) is 3.77. The Morgan fingerprint density at radius 1 is 1.25 bits per heavy atom. The molecular formula is C12H16ClNOS. The fraction of sp³-hybridized carbons (Fsp3) is 0.583. The van der Waals surface area contributed by atoms with E-state index in [1.807, 2.05) is 12.1 Å². The maximum Gasteiger partial charge on any atom is 0.0964 e. The van der Waals surface area contributed by atoms with Gasteiger partial charge in [0, 0.05) is 11.4 Å². The fourth-order valence-corrected chi connectivity index (χ4v) is 3.24. The second-order valence-corrected chi connectivity index (χ2v) is 5.87. The highest BCUT2D eigenvalue weighted by molar-refractivity contribution is 7.99. The van der Waals surface area contributed by atoms with Crippen molar-refractivity contribution in [1.29, 1.82) is 0 Å². The Morgan fingerprint density at radius 3 is 2.81 bits per heavy atom. The summed E-state index contributed by atoms with van der Waals surface area (Å²) in [5, 5.41) is 11.9. The van der Waals surface area contributed by atoms with Crippen LogP contribution in [-0.2, 0) is 0 Å². The molecule has 1 aliphatic rings. The molecule has 2 unspecified atom stereocenters. The molecule has 0 aliphatic heterocycles. The van der Waals surface area contributed by atoms with Crippen molar-refractivity contribution in [3.63, 3.8) is 0 Å². The quantitative estimate of drug-likeness (QED) is 0.823. The summed E-state index contributed by atoms with van der Waals surface area (Å²) in [5.74, 6) is 0. The van der Waals surface area contributed by atoms with Crippen molar-refractivity contribution < 1.29 is 5.11 Å². The zero-order valence-corrected chi connectivity index (χ0v) is 10.7. The zero-order chi connectivity index (χ0) is 11.4. The molecule has 0 spiro atoms. The zero-order valence-electron chi connectivity index (χ0n) is 9.10. The molecule has 1 saturated carbocycles. The SMILES string of the molecule is OC1CCCCCC1Sc1ccc(Cl)cn1. The van der Waals surface area contributed by atoms with Crippen LogP contribution in [-0.4, -0.2) is 21.4 Å². The van der Waals surface area contributed by atoms with Crippen molar-refractivity contribution in [2.75, 3.05) is 0 Å². The van der Waals surface area contributed by atoms with E-state index in [4.69, 9.17) is 11.6 Å².